The van der Waals surface area contributed by atoms with E-state index in [-0.39, 0.29) is 19.1 Å². The third kappa shape index (κ3) is 6.78. The summed E-state index contributed by atoms with van der Waals surface area (Å²) in [5.41, 5.74) is 9.34. The SMILES string of the molecule is CCc1ccc(CCc2ccc(-c3ccc(CCCC(CO)CO)cc3C)cc2)cc1. The molecular formula is C29H36O2. The van der Waals surface area contributed by atoms with Crippen molar-refractivity contribution in [1.82, 2.24) is 0 Å². The van der Waals surface area contributed by atoms with E-state index >= 15 is 0 Å². The van der Waals surface area contributed by atoms with Crippen LogP contribution in [0.2, 0.25) is 0 Å². The summed E-state index contributed by atoms with van der Waals surface area (Å²) in [6.07, 6.45) is 6.06. The third-order valence-electron chi connectivity index (χ3n) is 6.28. The zero-order valence-electron chi connectivity index (χ0n) is 19.0. The van der Waals surface area contributed by atoms with Gasteiger partial charge in [-0.25, -0.2) is 0 Å². The molecule has 0 radical (unpaired) electrons. The van der Waals surface area contributed by atoms with E-state index in [1.54, 1.807) is 0 Å². The molecular weight excluding hydrogens is 380 g/mol. The molecule has 3 rings (SSSR count). The molecule has 0 bridgehead atoms. The van der Waals surface area contributed by atoms with Crippen LogP contribution in [-0.4, -0.2) is 23.4 Å². The molecule has 0 heterocycles. The lowest BCUT2D eigenvalue weighted by Gasteiger charge is -2.12. The Hall–Kier alpha value is -2.42. The minimum atomic E-state index is 0.00888. The van der Waals surface area contributed by atoms with E-state index in [1.165, 1.54) is 38.9 Å². The van der Waals surface area contributed by atoms with Crippen molar-refractivity contribution in [3.05, 3.63) is 94.5 Å². The standard InChI is InChI=1S/C29H36O2/c1-3-23-7-9-24(10-8-23)11-12-25-13-16-28(17-14-25)29-18-15-26(19-22(29)2)5-4-6-27(20-30)21-31/h7-10,13-19,27,30-31H,3-6,11-12,20-21H2,1-2H3. The Kier molecular flexibility index (Phi) is 8.87. The van der Waals surface area contributed by atoms with E-state index in [0.717, 1.165) is 38.5 Å². The molecule has 31 heavy (non-hydrogen) atoms. The highest BCUT2D eigenvalue weighted by molar-refractivity contribution is 5.67. The van der Waals surface area contributed by atoms with Crippen LogP contribution in [0.3, 0.4) is 0 Å². The largest absolute Gasteiger partial charge is 0.396 e. The Labute approximate surface area is 187 Å². The first-order valence-electron chi connectivity index (χ1n) is 11.6. The summed E-state index contributed by atoms with van der Waals surface area (Å²) in [5.74, 6) is 0.00888. The Morgan fingerprint density at radius 2 is 1.23 bits per heavy atom. The van der Waals surface area contributed by atoms with Gasteiger partial charge in [-0.1, -0.05) is 73.7 Å². The van der Waals surface area contributed by atoms with Crippen molar-refractivity contribution < 1.29 is 10.2 Å². The molecule has 3 aromatic rings. The van der Waals surface area contributed by atoms with Crippen molar-refractivity contribution in [2.24, 2.45) is 5.92 Å². The number of rotatable bonds is 11. The van der Waals surface area contributed by atoms with Crippen molar-refractivity contribution >= 4 is 0 Å². The number of hydrogen-bond donors (Lipinski definition) is 2. The van der Waals surface area contributed by atoms with Crippen LogP contribution in [0.15, 0.2) is 66.7 Å². The van der Waals surface area contributed by atoms with Crippen molar-refractivity contribution in [2.45, 2.75) is 52.4 Å². The quantitative estimate of drug-likeness (QED) is 0.406. The maximum Gasteiger partial charge on any atom is 0.0481 e. The van der Waals surface area contributed by atoms with E-state index in [1.807, 2.05) is 0 Å². The van der Waals surface area contributed by atoms with E-state index in [0.29, 0.717) is 0 Å². The zero-order chi connectivity index (χ0) is 22.1. The molecule has 3 aromatic carbocycles. The molecule has 0 aliphatic heterocycles. The molecule has 164 valence electrons. The fourth-order valence-corrected chi connectivity index (χ4v) is 4.12. The van der Waals surface area contributed by atoms with Crippen LogP contribution < -0.4 is 0 Å². The average Bonchev–Trinajstić information content (AvgIpc) is 2.81. The van der Waals surface area contributed by atoms with Crippen LogP contribution in [0.1, 0.15) is 47.6 Å². The van der Waals surface area contributed by atoms with Crippen LogP contribution >= 0.6 is 0 Å². The summed E-state index contributed by atoms with van der Waals surface area (Å²) in [4.78, 5) is 0. The second-order valence-electron chi connectivity index (χ2n) is 8.64. The lowest BCUT2D eigenvalue weighted by Crippen LogP contribution is -2.11. The molecule has 0 unspecified atom stereocenters. The fourth-order valence-electron chi connectivity index (χ4n) is 4.12. The molecule has 0 saturated carbocycles. The summed E-state index contributed by atoms with van der Waals surface area (Å²) < 4.78 is 0. The van der Waals surface area contributed by atoms with Gasteiger partial charge in [0.1, 0.15) is 0 Å². The van der Waals surface area contributed by atoms with Crippen molar-refractivity contribution in [3.8, 4) is 11.1 Å². The monoisotopic (exact) mass is 416 g/mol. The number of hydrogen-bond acceptors (Lipinski definition) is 2. The van der Waals surface area contributed by atoms with Crippen molar-refractivity contribution in [2.75, 3.05) is 13.2 Å². The van der Waals surface area contributed by atoms with Gasteiger partial charge in [-0.3, -0.25) is 0 Å². The molecule has 2 heteroatoms. The fraction of sp³-hybridized carbons (Fsp3) is 0.379. The first-order chi connectivity index (χ1) is 15.1. The predicted octanol–water partition coefficient (Wildman–Crippen LogP) is 5.93. The molecule has 0 aliphatic carbocycles. The van der Waals surface area contributed by atoms with Gasteiger partial charge in [0.25, 0.3) is 0 Å². The van der Waals surface area contributed by atoms with Crippen LogP contribution in [0.5, 0.6) is 0 Å². The van der Waals surface area contributed by atoms with Gasteiger partial charge >= 0.3 is 0 Å². The first-order valence-corrected chi connectivity index (χ1v) is 11.6. The lowest BCUT2D eigenvalue weighted by atomic mass is 9.94. The van der Waals surface area contributed by atoms with Gasteiger partial charge in [0.2, 0.25) is 0 Å². The van der Waals surface area contributed by atoms with Crippen molar-refractivity contribution in [1.29, 1.82) is 0 Å². The Bertz CT molecular complexity index is 922. The topological polar surface area (TPSA) is 40.5 Å². The number of benzene rings is 3. The highest BCUT2D eigenvalue weighted by Crippen LogP contribution is 2.26. The van der Waals surface area contributed by atoms with E-state index < -0.39 is 0 Å². The lowest BCUT2D eigenvalue weighted by molar-refractivity contribution is 0.142. The molecule has 0 spiro atoms. The summed E-state index contributed by atoms with van der Waals surface area (Å²) in [6.45, 7) is 4.50. The summed E-state index contributed by atoms with van der Waals surface area (Å²) in [6, 6.07) is 24.7. The maximum absolute atomic E-state index is 9.20. The van der Waals surface area contributed by atoms with Gasteiger partial charge in [-0.15, -0.1) is 0 Å². The number of aliphatic hydroxyl groups excluding tert-OH is 2. The summed E-state index contributed by atoms with van der Waals surface area (Å²) in [7, 11) is 0. The number of aryl methyl sites for hydroxylation is 5. The highest BCUT2D eigenvalue weighted by atomic mass is 16.3. The summed E-state index contributed by atoms with van der Waals surface area (Å²) >= 11 is 0. The summed E-state index contributed by atoms with van der Waals surface area (Å²) in [5, 5.41) is 18.4. The smallest absolute Gasteiger partial charge is 0.0481 e. The first kappa shape index (κ1) is 23.2. The Morgan fingerprint density at radius 3 is 1.77 bits per heavy atom. The van der Waals surface area contributed by atoms with E-state index in [4.69, 9.17) is 0 Å². The molecule has 0 fully saturated rings. The zero-order valence-corrected chi connectivity index (χ0v) is 19.0. The molecule has 0 amide bonds. The average molecular weight is 417 g/mol. The van der Waals surface area contributed by atoms with Gasteiger partial charge in [-0.2, -0.15) is 0 Å². The van der Waals surface area contributed by atoms with E-state index in [2.05, 4.69) is 80.6 Å². The van der Waals surface area contributed by atoms with Crippen LogP contribution in [0, 0.1) is 12.8 Å². The molecule has 2 nitrogen and oxygen atoms in total. The third-order valence-corrected chi connectivity index (χ3v) is 6.28. The van der Waals surface area contributed by atoms with Crippen LogP contribution in [0.25, 0.3) is 11.1 Å². The van der Waals surface area contributed by atoms with Gasteiger partial charge in [0, 0.05) is 19.1 Å². The second-order valence-corrected chi connectivity index (χ2v) is 8.64. The minimum absolute atomic E-state index is 0.00888. The van der Waals surface area contributed by atoms with Gasteiger partial charge < -0.3 is 10.2 Å². The van der Waals surface area contributed by atoms with Gasteiger partial charge in [0.05, 0.1) is 0 Å². The maximum atomic E-state index is 9.20. The Morgan fingerprint density at radius 1 is 0.677 bits per heavy atom. The second kappa shape index (κ2) is 11.8. The normalized spacial score (nSPS) is 11.3. The van der Waals surface area contributed by atoms with Crippen LogP contribution in [-0.2, 0) is 25.7 Å². The Balaban J connectivity index is 1.57. The minimum Gasteiger partial charge on any atom is -0.396 e. The highest BCUT2D eigenvalue weighted by Gasteiger charge is 2.07. The number of aliphatic hydroxyl groups is 2. The van der Waals surface area contributed by atoms with Gasteiger partial charge in [0.15, 0.2) is 0 Å². The molecule has 0 atom stereocenters. The molecule has 0 aliphatic rings. The molecule has 0 aromatic heterocycles. The van der Waals surface area contributed by atoms with Crippen molar-refractivity contribution in [3.63, 3.8) is 0 Å². The molecule has 2 N–H and O–H groups in total. The molecule has 0 saturated heterocycles. The predicted molar refractivity (Wildman–Crippen MR) is 130 cm³/mol. The van der Waals surface area contributed by atoms with Crippen LogP contribution in [0.4, 0.5) is 0 Å². The van der Waals surface area contributed by atoms with E-state index in [9.17, 15) is 10.2 Å². The van der Waals surface area contributed by atoms with Gasteiger partial charge in [-0.05, 0) is 84.4 Å².